The summed E-state index contributed by atoms with van der Waals surface area (Å²) in [6.45, 7) is 8.15. The molecule has 9 nitrogen and oxygen atoms in total. The SMILES string of the molecule is COc1cccc(C(=O)N[C@H]2C[C@H]3CC[C@@H](C2)N3c2ccc(C(=O)N[C@@H](C)c3ccc(N4CCN(C)CC4)cc3)cn2)c1C. The minimum absolute atomic E-state index is 0.0482. The van der Waals surface area contributed by atoms with Crippen molar-refractivity contribution in [3.8, 4) is 5.75 Å². The molecule has 2 N–H and O–H groups in total. The Kier molecular flexibility index (Phi) is 8.75. The van der Waals surface area contributed by atoms with Gasteiger partial charge in [0, 0.05) is 67.3 Å². The van der Waals surface area contributed by atoms with Crippen LogP contribution in [0.1, 0.15) is 70.5 Å². The molecule has 2 aromatic carbocycles. The molecule has 3 aliphatic rings. The number of aromatic nitrogens is 1. The summed E-state index contributed by atoms with van der Waals surface area (Å²) in [6, 6.07) is 18.6. The first-order chi connectivity index (χ1) is 21.3. The maximum atomic E-state index is 13.1. The molecule has 2 bridgehead atoms. The molecular formula is C35H44N6O3. The summed E-state index contributed by atoms with van der Waals surface area (Å²) in [5, 5.41) is 6.41. The molecule has 3 saturated heterocycles. The van der Waals surface area contributed by atoms with Crippen molar-refractivity contribution in [3.63, 3.8) is 0 Å². The second kappa shape index (κ2) is 12.9. The highest BCUT2D eigenvalue weighted by Gasteiger charge is 2.42. The molecule has 44 heavy (non-hydrogen) atoms. The molecule has 0 saturated carbocycles. The van der Waals surface area contributed by atoms with Gasteiger partial charge in [0.05, 0.1) is 18.7 Å². The first-order valence-corrected chi connectivity index (χ1v) is 15.8. The number of piperazine rings is 1. The van der Waals surface area contributed by atoms with Crippen molar-refractivity contribution < 1.29 is 14.3 Å². The third kappa shape index (κ3) is 6.24. The largest absolute Gasteiger partial charge is 0.496 e. The minimum atomic E-state index is -0.128. The number of fused-ring (bicyclic) bond motifs is 2. The lowest BCUT2D eigenvalue weighted by Gasteiger charge is -2.40. The van der Waals surface area contributed by atoms with E-state index in [2.05, 4.69) is 56.6 Å². The van der Waals surface area contributed by atoms with Crippen LogP contribution in [0.3, 0.4) is 0 Å². The van der Waals surface area contributed by atoms with Crippen LogP contribution in [0.5, 0.6) is 5.75 Å². The topological polar surface area (TPSA) is 90.0 Å². The summed E-state index contributed by atoms with van der Waals surface area (Å²) in [5.74, 6) is 1.44. The van der Waals surface area contributed by atoms with Gasteiger partial charge >= 0.3 is 0 Å². The number of hydrogen-bond acceptors (Lipinski definition) is 7. The lowest BCUT2D eigenvalue weighted by molar-refractivity contribution is 0.0922. The van der Waals surface area contributed by atoms with E-state index in [1.165, 1.54) is 5.69 Å². The number of likely N-dealkylation sites (N-methyl/N-ethyl adjacent to an activating group) is 1. The molecule has 4 atom stereocenters. The molecule has 0 aliphatic carbocycles. The number of methoxy groups -OCH3 is 1. The lowest BCUT2D eigenvalue weighted by Crippen LogP contribution is -2.50. The van der Waals surface area contributed by atoms with Crippen LogP contribution in [0.4, 0.5) is 11.5 Å². The van der Waals surface area contributed by atoms with E-state index < -0.39 is 0 Å². The molecule has 232 valence electrons. The van der Waals surface area contributed by atoms with Crippen LogP contribution >= 0.6 is 0 Å². The normalized spacial score (nSPS) is 22.4. The van der Waals surface area contributed by atoms with E-state index in [4.69, 9.17) is 9.72 Å². The Morgan fingerprint density at radius 2 is 1.64 bits per heavy atom. The summed E-state index contributed by atoms with van der Waals surface area (Å²) in [6.07, 6.45) is 5.59. The molecule has 1 aromatic heterocycles. The van der Waals surface area contributed by atoms with Gasteiger partial charge in [-0.1, -0.05) is 18.2 Å². The fraction of sp³-hybridized carbons (Fsp3) is 0.457. The zero-order chi connectivity index (χ0) is 30.8. The van der Waals surface area contributed by atoms with Crippen molar-refractivity contribution in [1.29, 1.82) is 0 Å². The molecule has 0 unspecified atom stereocenters. The molecular weight excluding hydrogens is 552 g/mol. The highest BCUT2D eigenvalue weighted by molar-refractivity contribution is 5.96. The highest BCUT2D eigenvalue weighted by atomic mass is 16.5. The number of benzene rings is 2. The van der Waals surface area contributed by atoms with Crippen LogP contribution < -0.4 is 25.2 Å². The van der Waals surface area contributed by atoms with Crippen molar-refractivity contribution in [3.05, 3.63) is 83.0 Å². The smallest absolute Gasteiger partial charge is 0.253 e. The maximum Gasteiger partial charge on any atom is 0.253 e. The summed E-state index contributed by atoms with van der Waals surface area (Å²) in [4.78, 5) is 38.1. The quantitative estimate of drug-likeness (QED) is 0.394. The summed E-state index contributed by atoms with van der Waals surface area (Å²) in [7, 11) is 3.79. The molecule has 3 fully saturated rings. The van der Waals surface area contributed by atoms with E-state index >= 15 is 0 Å². The number of piperidine rings is 1. The second-order valence-electron chi connectivity index (χ2n) is 12.5. The van der Waals surface area contributed by atoms with Crippen LogP contribution in [0.2, 0.25) is 0 Å². The van der Waals surface area contributed by atoms with Crippen molar-refractivity contribution in [2.45, 2.75) is 63.7 Å². The van der Waals surface area contributed by atoms with Gasteiger partial charge in [0.2, 0.25) is 0 Å². The van der Waals surface area contributed by atoms with Crippen LogP contribution in [0, 0.1) is 6.92 Å². The van der Waals surface area contributed by atoms with Gasteiger partial charge < -0.3 is 30.1 Å². The van der Waals surface area contributed by atoms with Crippen LogP contribution in [0.25, 0.3) is 0 Å². The van der Waals surface area contributed by atoms with E-state index in [0.29, 0.717) is 23.2 Å². The number of nitrogens with zero attached hydrogens (tertiary/aromatic N) is 4. The fourth-order valence-electron chi connectivity index (χ4n) is 7.09. The molecule has 4 heterocycles. The van der Waals surface area contributed by atoms with Crippen molar-refractivity contribution in [2.75, 3.05) is 50.1 Å². The number of carbonyl (C=O) groups excluding carboxylic acids is 2. The standard InChI is InChI=1S/C35H44N6O3/c1-23-31(6-5-7-32(23)44-4)35(43)38-27-20-29-13-14-30(21-27)41(29)33-15-10-26(22-36-33)34(42)37-24(2)25-8-11-28(12-9-25)40-18-16-39(3)17-19-40/h5-12,15,22,24,27,29-30H,13-14,16-21H2,1-4H3,(H,37,42)(H,38,43)/t24-,27-,29+,30-/m0/s1. The average Bonchev–Trinajstić information content (AvgIpc) is 3.31. The first kappa shape index (κ1) is 29.9. The number of nitrogens with one attached hydrogen (secondary N) is 2. The lowest BCUT2D eigenvalue weighted by atomic mass is 9.96. The van der Waals surface area contributed by atoms with Crippen LogP contribution in [-0.2, 0) is 0 Å². The van der Waals surface area contributed by atoms with E-state index in [1.54, 1.807) is 13.3 Å². The zero-order valence-corrected chi connectivity index (χ0v) is 26.3. The molecule has 6 rings (SSSR count). The highest BCUT2D eigenvalue weighted by Crippen LogP contribution is 2.39. The minimum Gasteiger partial charge on any atom is -0.496 e. The Labute approximate surface area is 260 Å². The molecule has 3 aromatic rings. The fourth-order valence-corrected chi connectivity index (χ4v) is 7.09. The number of carbonyl (C=O) groups is 2. The van der Waals surface area contributed by atoms with Gasteiger partial charge in [0.15, 0.2) is 0 Å². The van der Waals surface area contributed by atoms with Crippen LogP contribution in [-0.4, -0.2) is 80.2 Å². The predicted octanol–water partition coefficient (Wildman–Crippen LogP) is 4.57. The third-order valence-electron chi connectivity index (χ3n) is 9.70. The number of pyridine rings is 1. The molecule has 9 heteroatoms. The van der Waals surface area contributed by atoms with Gasteiger partial charge in [-0.05, 0) is 88.5 Å². The number of ether oxygens (including phenoxy) is 1. The monoisotopic (exact) mass is 596 g/mol. The summed E-state index contributed by atoms with van der Waals surface area (Å²) >= 11 is 0. The Morgan fingerprint density at radius 1 is 0.932 bits per heavy atom. The van der Waals surface area contributed by atoms with E-state index in [1.807, 2.05) is 44.2 Å². The third-order valence-corrected chi connectivity index (χ3v) is 9.70. The number of amides is 2. The van der Waals surface area contributed by atoms with Crippen LogP contribution in [0.15, 0.2) is 60.8 Å². The maximum absolute atomic E-state index is 13.1. The number of rotatable bonds is 8. The van der Waals surface area contributed by atoms with Gasteiger partial charge in [0.25, 0.3) is 11.8 Å². The summed E-state index contributed by atoms with van der Waals surface area (Å²) in [5.41, 5.74) is 4.38. The van der Waals surface area contributed by atoms with E-state index in [-0.39, 0.29) is 23.9 Å². The number of hydrogen-bond donors (Lipinski definition) is 2. The molecule has 2 amide bonds. The van der Waals surface area contributed by atoms with Crippen molar-refractivity contribution in [2.24, 2.45) is 0 Å². The van der Waals surface area contributed by atoms with Gasteiger partial charge in [-0.2, -0.15) is 0 Å². The molecule has 0 spiro atoms. The zero-order valence-electron chi connectivity index (χ0n) is 26.3. The van der Waals surface area contributed by atoms with Gasteiger partial charge in [-0.15, -0.1) is 0 Å². The Hall–Kier alpha value is -4.11. The predicted molar refractivity (Wildman–Crippen MR) is 174 cm³/mol. The van der Waals surface area contributed by atoms with Gasteiger partial charge in [-0.3, -0.25) is 9.59 Å². The van der Waals surface area contributed by atoms with Crippen molar-refractivity contribution >= 4 is 23.3 Å². The van der Waals surface area contributed by atoms with Gasteiger partial charge in [-0.25, -0.2) is 4.98 Å². The Bertz CT molecular complexity index is 1450. The number of anilines is 2. The van der Waals surface area contributed by atoms with E-state index in [9.17, 15) is 9.59 Å². The average molecular weight is 597 g/mol. The first-order valence-electron chi connectivity index (χ1n) is 15.8. The Balaban J connectivity index is 1.03. The molecule has 3 aliphatic heterocycles. The van der Waals surface area contributed by atoms with Gasteiger partial charge in [0.1, 0.15) is 11.6 Å². The summed E-state index contributed by atoms with van der Waals surface area (Å²) < 4.78 is 5.40. The Morgan fingerprint density at radius 3 is 2.27 bits per heavy atom. The van der Waals surface area contributed by atoms with Crippen molar-refractivity contribution in [1.82, 2.24) is 20.5 Å². The van der Waals surface area contributed by atoms with E-state index in [0.717, 1.165) is 74.6 Å². The second-order valence-corrected chi connectivity index (χ2v) is 12.5. The molecule has 0 radical (unpaired) electrons.